The van der Waals surface area contributed by atoms with Gasteiger partial charge in [0.1, 0.15) is 0 Å². The minimum Gasteiger partial charge on any atom is -0.329 e. The van der Waals surface area contributed by atoms with Gasteiger partial charge in [0.15, 0.2) is 0 Å². The molecule has 0 aromatic heterocycles. The predicted molar refractivity (Wildman–Crippen MR) is 89.2 cm³/mol. The molecule has 0 bridgehead atoms. The van der Waals surface area contributed by atoms with E-state index in [0.717, 1.165) is 24.4 Å². The summed E-state index contributed by atoms with van der Waals surface area (Å²) >= 11 is 0. The lowest BCUT2D eigenvalue weighted by atomic mass is 9.98. The Labute approximate surface area is 129 Å². The first-order valence-corrected chi connectivity index (χ1v) is 8.72. The molecule has 3 rings (SSSR count). The number of benzene rings is 1. The second kappa shape index (κ2) is 6.50. The van der Waals surface area contributed by atoms with Gasteiger partial charge in [-0.2, -0.15) is 0 Å². The van der Waals surface area contributed by atoms with Crippen molar-refractivity contribution in [1.82, 2.24) is 4.90 Å². The predicted octanol–water partition coefficient (Wildman–Crippen LogP) is 3.76. The molecule has 0 aliphatic heterocycles. The lowest BCUT2D eigenvalue weighted by Gasteiger charge is -2.31. The molecule has 0 heterocycles. The van der Waals surface area contributed by atoms with Crippen molar-refractivity contribution in [3.05, 3.63) is 35.4 Å². The maximum absolute atomic E-state index is 6.14. The molecular formula is C19H30N2. The Balaban J connectivity index is 1.71. The molecule has 0 amide bonds. The molecule has 0 spiro atoms. The largest absolute Gasteiger partial charge is 0.329 e. The summed E-state index contributed by atoms with van der Waals surface area (Å²) in [6, 6.07) is 10.5. The summed E-state index contributed by atoms with van der Waals surface area (Å²) < 4.78 is 0. The third-order valence-corrected chi connectivity index (χ3v) is 4.81. The van der Waals surface area contributed by atoms with Crippen LogP contribution in [0.3, 0.4) is 0 Å². The van der Waals surface area contributed by atoms with Crippen LogP contribution >= 0.6 is 0 Å². The molecule has 2 aliphatic rings. The second-order valence-corrected chi connectivity index (χ2v) is 7.46. The highest BCUT2D eigenvalue weighted by molar-refractivity contribution is 5.26. The molecule has 2 fully saturated rings. The minimum absolute atomic E-state index is 0.422. The van der Waals surface area contributed by atoms with E-state index in [1.54, 1.807) is 0 Å². The molecule has 116 valence electrons. The average Bonchev–Trinajstić information content (AvgIpc) is 3.34. The van der Waals surface area contributed by atoms with E-state index in [9.17, 15) is 0 Å². The van der Waals surface area contributed by atoms with Gasteiger partial charge >= 0.3 is 0 Å². The van der Waals surface area contributed by atoms with Crippen molar-refractivity contribution < 1.29 is 0 Å². The fourth-order valence-corrected chi connectivity index (χ4v) is 3.35. The zero-order valence-corrected chi connectivity index (χ0v) is 13.6. The van der Waals surface area contributed by atoms with E-state index in [2.05, 4.69) is 43.0 Å². The van der Waals surface area contributed by atoms with Crippen molar-refractivity contribution in [1.29, 1.82) is 0 Å². The fraction of sp³-hybridized carbons (Fsp3) is 0.684. The van der Waals surface area contributed by atoms with Crippen LogP contribution in [0.25, 0.3) is 0 Å². The van der Waals surface area contributed by atoms with Gasteiger partial charge in [0, 0.05) is 25.2 Å². The number of hydrogen-bond donors (Lipinski definition) is 1. The van der Waals surface area contributed by atoms with Crippen LogP contribution in [0.1, 0.15) is 56.7 Å². The van der Waals surface area contributed by atoms with Gasteiger partial charge in [0.05, 0.1) is 0 Å². The lowest BCUT2D eigenvalue weighted by Crippen LogP contribution is -2.37. The van der Waals surface area contributed by atoms with Crippen LogP contribution < -0.4 is 5.73 Å². The number of nitrogens with two attached hydrogens (primary N) is 1. The molecule has 2 nitrogen and oxygen atoms in total. The number of rotatable bonds is 8. The van der Waals surface area contributed by atoms with E-state index in [1.165, 1.54) is 49.8 Å². The Morgan fingerprint density at radius 3 is 2.24 bits per heavy atom. The van der Waals surface area contributed by atoms with Crippen LogP contribution in [0.4, 0.5) is 0 Å². The molecule has 21 heavy (non-hydrogen) atoms. The Kier molecular flexibility index (Phi) is 4.66. The molecule has 0 saturated heterocycles. The topological polar surface area (TPSA) is 29.3 Å². The SMILES string of the molecule is CC(C)Cc1ccc(C(CN)N(CC2CC2)C2CC2)cc1. The molecule has 2 heteroatoms. The average molecular weight is 286 g/mol. The summed E-state index contributed by atoms with van der Waals surface area (Å²) in [5.41, 5.74) is 9.01. The first-order chi connectivity index (χ1) is 10.2. The third-order valence-electron chi connectivity index (χ3n) is 4.81. The van der Waals surface area contributed by atoms with Crippen molar-refractivity contribution in [3.8, 4) is 0 Å². The van der Waals surface area contributed by atoms with Crippen molar-refractivity contribution in [2.75, 3.05) is 13.1 Å². The molecule has 1 atom stereocenters. The molecular weight excluding hydrogens is 256 g/mol. The maximum Gasteiger partial charge on any atom is 0.0473 e. The summed E-state index contributed by atoms with van der Waals surface area (Å²) in [5.74, 6) is 1.67. The van der Waals surface area contributed by atoms with E-state index in [4.69, 9.17) is 5.73 Å². The monoisotopic (exact) mass is 286 g/mol. The molecule has 1 unspecified atom stereocenters. The number of hydrogen-bond acceptors (Lipinski definition) is 2. The van der Waals surface area contributed by atoms with Gasteiger partial charge in [-0.15, -0.1) is 0 Å². The fourth-order valence-electron chi connectivity index (χ4n) is 3.35. The highest BCUT2D eigenvalue weighted by Gasteiger charge is 2.37. The smallest absolute Gasteiger partial charge is 0.0473 e. The van der Waals surface area contributed by atoms with Crippen LogP contribution in [-0.2, 0) is 6.42 Å². The van der Waals surface area contributed by atoms with Crippen molar-refractivity contribution in [3.63, 3.8) is 0 Å². The maximum atomic E-state index is 6.14. The molecule has 1 aromatic carbocycles. The van der Waals surface area contributed by atoms with Crippen LogP contribution in [0.15, 0.2) is 24.3 Å². The minimum atomic E-state index is 0.422. The molecule has 0 radical (unpaired) electrons. The van der Waals surface area contributed by atoms with E-state index in [-0.39, 0.29) is 0 Å². The Morgan fingerprint density at radius 1 is 1.10 bits per heavy atom. The summed E-state index contributed by atoms with van der Waals surface area (Å²) in [6.07, 6.45) is 6.76. The van der Waals surface area contributed by atoms with Crippen molar-refractivity contribution in [2.24, 2.45) is 17.6 Å². The quantitative estimate of drug-likeness (QED) is 0.788. The van der Waals surface area contributed by atoms with Crippen molar-refractivity contribution in [2.45, 2.75) is 58.0 Å². The van der Waals surface area contributed by atoms with Gasteiger partial charge in [-0.05, 0) is 55.1 Å². The summed E-state index contributed by atoms with van der Waals surface area (Å²) in [6.45, 7) is 6.56. The molecule has 2 aliphatic carbocycles. The summed E-state index contributed by atoms with van der Waals surface area (Å²) in [4.78, 5) is 2.70. The Bertz CT molecular complexity index is 443. The zero-order chi connectivity index (χ0) is 14.8. The second-order valence-electron chi connectivity index (χ2n) is 7.46. The highest BCUT2D eigenvalue weighted by Crippen LogP contribution is 2.39. The first-order valence-electron chi connectivity index (χ1n) is 8.72. The third kappa shape index (κ3) is 4.08. The van der Waals surface area contributed by atoms with Gasteiger partial charge in [0.25, 0.3) is 0 Å². The Hall–Kier alpha value is -0.860. The lowest BCUT2D eigenvalue weighted by molar-refractivity contribution is 0.183. The van der Waals surface area contributed by atoms with E-state index in [0.29, 0.717) is 6.04 Å². The van der Waals surface area contributed by atoms with E-state index in [1.807, 2.05) is 0 Å². The van der Waals surface area contributed by atoms with Gasteiger partial charge in [-0.1, -0.05) is 38.1 Å². The zero-order valence-electron chi connectivity index (χ0n) is 13.6. The molecule has 2 N–H and O–H groups in total. The van der Waals surface area contributed by atoms with E-state index >= 15 is 0 Å². The standard InChI is InChI=1S/C19H30N2/c1-14(2)11-15-5-7-17(8-6-15)19(12-20)21(18-9-10-18)13-16-3-4-16/h5-8,14,16,18-19H,3-4,9-13,20H2,1-2H3. The highest BCUT2D eigenvalue weighted by atomic mass is 15.2. The van der Waals surface area contributed by atoms with E-state index < -0.39 is 0 Å². The molecule has 1 aromatic rings. The van der Waals surface area contributed by atoms with Gasteiger partial charge < -0.3 is 5.73 Å². The number of nitrogens with zero attached hydrogens (tertiary/aromatic N) is 1. The normalized spacial score (nSPS) is 20.2. The Morgan fingerprint density at radius 2 is 1.76 bits per heavy atom. The van der Waals surface area contributed by atoms with Crippen LogP contribution in [-0.4, -0.2) is 24.0 Å². The van der Waals surface area contributed by atoms with Gasteiger partial charge in [-0.25, -0.2) is 0 Å². The summed E-state index contributed by atoms with van der Waals surface area (Å²) in [5, 5.41) is 0. The van der Waals surface area contributed by atoms with Crippen LogP contribution in [0.5, 0.6) is 0 Å². The summed E-state index contributed by atoms with van der Waals surface area (Å²) in [7, 11) is 0. The molecule has 2 saturated carbocycles. The van der Waals surface area contributed by atoms with Crippen LogP contribution in [0, 0.1) is 11.8 Å². The van der Waals surface area contributed by atoms with Gasteiger partial charge in [0.2, 0.25) is 0 Å². The van der Waals surface area contributed by atoms with Crippen LogP contribution in [0.2, 0.25) is 0 Å². The van der Waals surface area contributed by atoms with Crippen molar-refractivity contribution >= 4 is 0 Å². The first kappa shape index (κ1) is 15.1. The van der Waals surface area contributed by atoms with Gasteiger partial charge in [-0.3, -0.25) is 4.90 Å².